The van der Waals surface area contributed by atoms with E-state index >= 15 is 0 Å². The minimum atomic E-state index is -0.244. The van der Waals surface area contributed by atoms with E-state index in [-0.39, 0.29) is 12.5 Å². The topological polar surface area (TPSA) is 38.3 Å². The molecule has 0 heterocycles. The van der Waals surface area contributed by atoms with Gasteiger partial charge in [-0.3, -0.25) is 4.79 Å². The summed E-state index contributed by atoms with van der Waals surface area (Å²) in [6.07, 6.45) is 0. The Bertz CT molecular complexity index is 420. The van der Waals surface area contributed by atoms with E-state index in [1.165, 1.54) is 7.11 Å². The van der Waals surface area contributed by atoms with Crippen LogP contribution in [0.3, 0.4) is 0 Å². The molecule has 86 valence electrons. The summed E-state index contributed by atoms with van der Waals surface area (Å²) in [5, 5.41) is 3.01. The predicted molar refractivity (Wildman–Crippen MR) is 68.0 cm³/mol. The molecule has 1 aromatic rings. The lowest BCUT2D eigenvalue weighted by atomic mass is 10.2. The molecule has 0 aliphatic carbocycles. The van der Waals surface area contributed by atoms with Crippen LogP contribution in [0.1, 0.15) is 10.4 Å². The Morgan fingerprint density at radius 3 is 2.88 bits per heavy atom. The summed E-state index contributed by atoms with van der Waals surface area (Å²) >= 11 is 8.86. The highest BCUT2D eigenvalue weighted by molar-refractivity contribution is 9.10. The van der Waals surface area contributed by atoms with E-state index in [1.807, 2.05) is 0 Å². The highest BCUT2D eigenvalue weighted by Crippen LogP contribution is 2.23. The molecule has 0 bridgehead atoms. The molecule has 3 nitrogen and oxygen atoms in total. The molecule has 0 aliphatic heterocycles. The van der Waals surface area contributed by atoms with Crippen molar-refractivity contribution in [2.45, 2.75) is 0 Å². The molecule has 1 rings (SSSR count). The fourth-order valence-electron chi connectivity index (χ4n) is 1.12. The maximum atomic E-state index is 11.7. The fourth-order valence-corrected chi connectivity index (χ4v) is 1.53. The first kappa shape index (κ1) is 13.1. The van der Waals surface area contributed by atoms with Crippen molar-refractivity contribution in [3.63, 3.8) is 0 Å². The molecular formula is C11H11BrClNO2. The zero-order chi connectivity index (χ0) is 12.1. The molecule has 0 aliphatic rings. The van der Waals surface area contributed by atoms with Gasteiger partial charge < -0.3 is 10.1 Å². The minimum absolute atomic E-state index is 0.236. The summed E-state index contributed by atoms with van der Waals surface area (Å²) in [5.41, 5.74) is 0.462. The third-order valence-electron chi connectivity index (χ3n) is 1.85. The van der Waals surface area contributed by atoms with Crippen molar-refractivity contribution in [2.75, 3.05) is 13.7 Å². The van der Waals surface area contributed by atoms with Gasteiger partial charge in [-0.15, -0.1) is 0 Å². The Balaban J connectivity index is 2.86. The monoisotopic (exact) mass is 303 g/mol. The second-order valence-electron chi connectivity index (χ2n) is 3.04. The fraction of sp³-hybridized carbons (Fsp3) is 0.182. The smallest absolute Gasteiger partial charge is 0.255 e. The van der Waals surface area contributed by atoms with Crippen LogP contribution in [0.5, 0.6) is 5.75 Å². The van der Waals surface area contributed by atoms with Gasteiger partial charge in [-0.25, -0.2) is 0 Å². The van der Waals surface area contributed by atoms with Crippen LogP contribution in [0.2, 0.25) is 0 Å². The quantitative estimate of drug-likeness (QED) is 0.929. The number of carbonyl (C=O) groups is 1. The largest absolute Gasteiger partial charge is 0.496 e. The van der Waals surface area contributed by atoms with E-state index in [9.17, 15) is 4.79 Å². The van der Waals surface area contributed by atoms with E-state index in [0.717, 1.165) is 4.47 Å². The predicted octanol–water partition coefficient (Wildman–Crippen LogP) is 2.94. The third-order valence-corrected chi connectivity index (χ3v) is 2.48. The van der Waals surface area contributed by atoms with Gasteiger partial charge in [0.15, 0.2) is 0 Å². The summed E-state index contributed by atoms with van der Waals surface area (Å²) in [5.74, 6) is 0.262. The molecule has 0 spiro atoms. The average molecular weight is 305 g/mol. The molecule has 5 heteroatoms. The Morgan fingerprint density at radius 2 is 2.31 bits per heavy atom. The molecule has 0 unspecified atom stereocenters. The first-order valence-electron chi connectivity index (χ1n) is 4.49. The third kappa shape index (κ3) is 3.54. The summed E-state index contributed by atoms with van der Waals surface area (Å²) in [6, 6.07) is 5.17. The van der Waals surface area contributed by atoms with Crippen LogP contribution in [-0.2, 0) is 0 Å². The zero-order valence-corrected chi connectivity index (χ0v) is 11.1. The summed E-state index contributed by atoms with van der Waals surface area (Å²) in [7, 11) is 1.51. The number of hydrogen-bond acceptors (Lipinski definition) is 2. The molecule has 0 radical (unpaired) electrons. The SMILES string of the molecule is C=C(Cl)CNC(=O)c1ccc(Br)cc1OC. The van der Waals surface area contributed by atoms with E-state index in [0.29, 0.717) is 16.3 Å². The van der Waals surface area contributed by atoms with E-state index in [1.54, 1.807) is 18.2 Å². The van der Waals surface area contributed by atoms with E-state index < -0.39 is 0 Å². The maximum Gasteiger partial charge on any atom is 0.255 e. The van der Waals surface area contributed by atoms with Gasteiger partial charge in [-0.2, -0.15) is 0 Å². The maximum absolute atomic E-state index is 11.7. The molecular weight excluding hydrogens is 293 g/mol. The molecule has 0 saturated heterocycles. The standard InChI is InChI=1S/C11H11BrClNO2/c1-7(13)6-14-11(15)9-4-3-8(12)5-10(9)16-2/h3-5H,1,6H2,2H3,(H,14,15). The van der Waals surface area contributed by atoms with Crippen molar-refractivity contribution in [3.8, 4) is 5.75 Å². The number of amides is 1. The van der Waals surface area contributed by atoms with Gasteiger partial charge >= 0.3 is 0 Å². The van der Waals surface area contributed by atoms with Crippen LogP contribution in [0.15, 0.2) is 34.3 Å². The van der Waals surface area contributed by atoms with Gasteiger partial charge in [-0.1, -0.05) is 34.1 Å². The molecule has 16 heavy (non-hydrogen) atoms. The van der Waals surface area contributed by atoms with E-state index in [4.69, 9.17) is 16.3 Å². The minimum Gasteiger partial charge on any atom is -0.496 e. The number of benzene rings is 1. The molecule has 1 amide bonds. The lowest BCUT2D eigenvalue weighted by Gasteiger charge is -2.09. The van der Waals surface area contributed by atoms with Gasteiger partial charge in [0, 0.05) is 9.51 Å². The van der Waals surface area contributed by atoms with Crippen LogP contribution in [0, 0.1) is 0 Å². The molecule has 1 N–H and O–H groups in total. The normalized spacial score (nSPS) is 9.69. The zero-order valence-electron chi connectivity index (χ0n) is 8.72. The average Bonchev–Trinajstić information content (AvgIpc) is 2.25. The summed E-state index contributed by atoms with van der Waals surface area (Å²) < 4.78 is 5.96. The first-order valence-corrected chi connectivity index (χ1v) is 5.66. The van der Waals surface area contributed by atoms with Crippen LogP contribution in [-0.4, -0.2) is 19.6 Å². The van der Waals surface area contributed by atoms with Gasteiger partial charge in [0.25, 0.3) is 5.91 Å². The van der Waals surface area contributed by atoms with Crippen molar-refractivity contribution in [2.24, 2.45) is 0 Å². The van der Waals surface area contributed by atoms with Gasteiger partial charge in [0.1, 0.15) is 5.75 Å². The van der Waals surface area contributed by atoms with Crippen LogP contribution >= 0.6 is 27.5 Å². The molecule has 0 atom stereocenters. The highest BCUT2D eigenvalue weighted by Gasteiger charge is 2.11. The van der Waals surface area contributed by atoms with Gasteiger partial charge in [0.05, 0.1) is 19.2 Å². The van der Waals surface area contributed by atoms with Crippen LogP contribution in [0.4, 0.5) is 0 Å². The number of hydrogen-bond donors (Lipinski definition) is 1. The number of nitrogens with one attached hydrogen (secondary N) is 1. The molecule has 0 saturated carbocycles. The van der Waals surface area contributed by atoms with Crippen molar-refractivity contribution < 1.29 is 9.53 Å². The molecule has 0 aromatic heterocycles. The van der Waals surface area contributed by atoms with E-state index in [2.05, 4.69) is 27.8 Å². The summed E-state index contributed by atoms with van der Waals surface area (Å²) in [6.45, 7) is 3.73. The Kier molecular flexibility index (Phi) is 4.83. The van der Waals surface area contributed by atoms with Crippen LogP contribution in [0.25, 0.3) is 0 Å². The van der Waals surface area contributed by atoms with Crippen molar-refractivity contribution >= 4 is 33.4 Å². The number of halogens is 2. The van der Waals surface area contributed by atoms with Crippen molar-refractivity contribution in [1.82, 2.24) is 5.32 Å². The lowest BCUT2D eigenvalue weighted by molar-refractivity contribution is 0.0954. The van der Waals surface area contributed by atoms with Crippen molar-refractivity contribution in [3.05, 3.63) is 39.8 Å². The van der Waals surface area contributed by atoms with Gasteiger partial charge in [0.2, 0.25) is 0 Å². The molecule has 0 fully saturated rings. The van der Waals surface area contributed by atoms with Gasteiger partial charge in [-0.05, 0) is 18.2 Å². The second-order valence-corrected chi connectivity index (χ2v) is 4.49. The number of carbonyl (C=O) groups excluding carboxylic acids is 1. The number of rotatable bonds is 4. The Hall–Kier alpha value is -1.00. The number of ether oxygens (including phenoxy) is 1. The molecule has 1 aromatic carbocycles. The van der Waals surface area contributed by atoms with Crippen molar-refractivity contribution in [1.29, 1.82) is 0 Å². The van der Waals surface area contributed by atoms with Crippen LogP contribution < -0.4 is 10.1 Å². The lowest BCUT2D eigenvalue weighted by Crippen LogP contribution is -2.24. The summed E-state index contributed by atoms with van der Waals surface area (Å²) in [4.78, 5) is 11.7. The Labute approximate surface area is 108 Å². The Morgan fingerprint density at radius 1 is 1.62 bits per heavy atom. The highest BCUT2D eigenvalue weighted by atomic mass is 79.9. The number of methoxy groups -OCH3 is 1. The second kappa shape index (κ2) is 5.92. The first-order chi connectivity index (χ1) is 7.54.